The normalized spacial score (nSPS) is 14.3. The summed E-state index contributed by atoms with van der Waals surface area (Å²) in [4.78, 5) is 13.7. The second-order valence-electron chi connectivity index (χ2n) is 4.90. The molecule has 0 radical (unpaired) electrons. The van der Waals surface area contributed by atoms with Gasteiger partial charge in [-0.2, -0.15) is 0 Å². The highest BCUT2D eigenvalue weighted by Crippen LogP contribution is 2.22. The smallest absolute Gasteiger partial charge is 0.331 e. The van der Waals surface area contributed by atoms with Gasteiger partial charge in [-0.05, 0) is 40.5 Å². The van der Waals surface area contributed by atoms with E-state index >= 15 is 0 Å². The Hall–Kier alpha value is -0.830. The molecule has 0 N–H and O–H groups in total. The number of esters is 1. The van der Waals surface area contributed by atoms with Crippen LogP contribution in [0.3, 0.4) is 0 Å². The Bertz CT molecular complexity index is 259. The van der Waals surface area contributed by atoms with Gasteiger partial charge in [0.1, 0.15) is 0 Å². The van der Waals surface area contributed by atoms with Gasteiger partial charge in [-0.25, -0.2) is 4.79 Å². The van der Waals surface area contributed by atoms with Crippen LogP contribution in [-0.2, 0) is 9.53 Å². The molecule has 1 atom stereocenters. The van der Waals surface area contributed by atoms with Crippen molar-refractivity contribution in [2.75, 3.05) is 6.54 Å². The first-order chi connectivity index (χ1) is 7.88. The summed E-state index contributed by atoms with van der Waals surface area (Å²) in [5.41, 5.74) is 0.0473. The van der Waals surface area contributed by atoms with Crippen molar-refractivity contribution in [3.8, 4) is 0 Å². The number of hydrogen-bond donors (Lipinski definition) is 0. The van der Waals surface area contributed by atoms with Gasteiger partial charge >= 0.3 is 5.97 Å². The van der Waals surface area contributed by atoms with Crippen LogP contribution in [0.5, 0.6) is 0 Å². The lowest BCUT2D eigenvalue weighted by Gasteiger charge is -2.41. The van der Waals surface area contributed by atoms with Crippen LogP contribution in [0.15, 0.2) is 12.2 Å². The molecule has 0 aliphatic rings. The highest BCUT2D eigenvalue weighted by atomic mass is 16.6. The van der Waals surface area contributed by atoms with Gasteiger partial charge in [0.05, 0.1) is 0 Å². The minimum Gasteiger partial charge on any atom is -0.443 e. The fraction of sp³-hybridized carbons (Fsp3) is 0.786. The molecule has 0 saturated carbocycles. The van der Waals surface area contributed by atoms with E-state index in [1.54, 1.807) is 6.08 Å². The van der Waals surface area contributed by atoms with Crippen LogP contribution in [0.25, 0.3) is 0 Å². The van der Waals surface area contributed by atoms with E-state index < -0.39 is 0 Å². The van der Waals surface area contributed by atoms with E-state index in [2.05, 4.69) is 32.6 Å². The van der Waals surface area contributed by atoms with E-state index in [1.807, 2.05) is 13.8 Å². The Morgan fingerprint density at radius 3 is 2.41 bits per heavy atom. The molecule has 17 heavy (non-hydrogen) atoms. The minimum atomic E-state index is -0.270. The average Bonchev–Trinajstić information content (AvgIpc) is 2.25. The van der Waals surface area contributed by atoms with E-state index in [-0.39, 0.29) is 17.7 Å². The molecule has 0 aromatic heterocycles. The van der Waals surface area contributed by atoms with E-state index in [4.69, 9.17) is 4.74 Å². The van der Waals surface area contributed by atoms with Gasteiger partial charge < -0.3 is 4.74 Å². The lowest BCUT2D eigenvalue weighted by atomic mass is 9.98. The Kier molecular flexibility index (Phi) is 7.12. The molecule has 0 spiro atoms. The van der Waals surface area contributed by atoms with Crippen LogP contribution >= 0.6 is 0 Å². The zero-order chi connectivity index (χ0) is 13.5. The highest BCUT2D eigenvalue weighted by Gasteiger charge is 2.29. The Morgan fingerprint density at radius 2 is 2.00 bits per heavy atom. The summed E-state index contributed by atoms with van der Waals surface area (Å²) in [7, 11) is 0. The molecular formula is C14H27NO2. The molecule has 3 heteroatoms. The maximum absolute atomic E-state index is 11.4. The summed E-state index contributed by atoms with van der Waals surface area (Å²) in [5.74, 6) is -0.270. The summed E-state index contributed by atoms with van der Waals surface area (Å²) in [6, 6.07) is 0. The van der Waals surface area contributed by atoms with Crippen molar-refractivity contribution in [2.45, 2.75) is 66.2 Å². The van der Waals surface area contributed by atoms with Crippen LogP contribution in [0.1, 0.15) is 54.4 Å². The molecule has 0 fully saturated rings. The van der Waals surface area contributed by atoms with Crippen molar-refractivity contribution in [3.05, 3.63) is 12.2 Å². The van der Waals surface area contributed by atoms with Gasteiger partial charge in [0.15, 0.2) is 6.23 Å². The average molecular weight is 241 g/mol. The summed E-state index contributed by atoms with van der Waals surface area (Å²) in [5, 5.41) is 0. The zero-order valence-corrected chi connectivity index (χ0v) is 12.1. The third kappa shape index (κ3) is 5.35. The minimum absolute atomic E-state index is 0.0473. The molecule has 0 aromatic rings. The molecule has 0 aliphatic carbocycles. The number of allylic oxidation sites excluding steroid dienone is 1. The van der Waals surface area contributed by atoms with Crippen molar-refractivity contribution >= 4 is 5.97 Å². The second kappa shape index (κ2) is 7.49. The Morgan fingerprint density at radius 1 is 1.41 bits per heavy atom. The van der Waals surface area contributed by atoms with Gasteiger partial charge in [-0.15, -0.1) is 0 Å². The fourth-order valence-corrected chi connectivity index (χ4v) is 1.83. The predicted molar refractivity (Wildman–Crippen MR) is 71.7 cm³/mol. The number of nitrogens with zero attached hydrogens (tertiary/aromatic N) is 1. The Labute approximate surface area is 106 Å². The lowest BCUT2D eigenvalue weighted by molar-refractivity contribution is -0.157. The predicted octanol–water partition coefficient (Wildman–Crippen LogP) is 3.35. The first-order valence-corrected chi connectivity index (χ1v) is 6.49. The van der Waals surface area contributed by atoms with E-state index in [9.17, 15) is 4.79 Å². The highest BCUT2D eigenvalue weighted by molar-refractivity contribution is 5.81. The maximum Gasteiger partial charge on any atom is 0.331 e. The summed E-state index contributed by atoms with van der Waals surface area (Å²) < 4.78 is 5.39. The zero-order valence-electron chi connectivity index (χ0n) is 12.1. The summed E-state index contributed by atoms with van der Waals surface area (Å²) in [6.45, 7) is 13.3. The molecule has 0 bridgehead atoms. The molecule has 0 aromatic carbocycles. The van der Waals surface area contributed by atoms with Crippen molar-refractivity contribution < 1.29 is 9.53 Å². The van der Waals surface area contributed by atoms with Gasteiger partial charge in [0, 0.05) is 18.2 Å². The largest absolute Gasteiger partial charge is 0.443 e. The number of carbonyl (C=O) groups is 1. The van der Waals surface area contributed by atoms with Crippen LogP contribution in [0.2, 0.25) is 0 Å². The van der Waals surface area contributed by atoms with Crippen molar-refractivity contribution in [1.29, 1.82) is 0 Å². The SMILES string of the molecule is C/C=C/C(=O)OC(C)N(CCC)C(C)(C)CC. The number of hydrogen-bond acceptors (Lipinski definition) is 3. The third-order valence-corrected chi connectivity index (χ3v) is 3.14. The molecule has 100 valence electrons. The van der Waals surface area contributed by atoms with Gasteiger partial charge in [-0.3, -0.25) is 4.90 Å². The molecule has 1 unspecified atom stereocenters. The quantitative estimate of drug-likeness (QED) is 0.389. The van der Waals surface area contributed by atoms with Crippen LogP contribution in [0, 0.1) is 0 Å². The lowest BCUT2D eigenvalue weighted by Crippen LogP contribution is -2.50. The topological polar surface area (TPSA) is 29.5 Å². The van der Waals surface area contributed by atoms with Crippen molar-refractivity contribution in [1.82, 2.24) is 4.90 Å². The monoisotopic (exact) mass is 241 g/mol. The summed E-state index contributed by atoms with van der Waals surface area (Å²) >= 11 is 0. The van der Waals surface area contributed by atoms with Crippen LogP contribution in [-0.4, -0.2) is 29.2 Å². The number of rotatable bonds is 7. The van der Waals surface area contributed by atoms with Crippen LogP contribution in [0.4, 0.5) is 0 Å². The molecule has 3 nitrogen and oxygen atoms in total. The second-order valence-corrected chi connectivity index (χ2v) is 4.90. The standard InChI is InChI=1S/C14H27NO2/c1-7-10-13(16)17-12(4)15(11-8-2)14(5,6)9-3/h7,10,12H,8-9,11H2,1-6H3/b10-7+. The van der Waals surface area contributed by atoms with Crippen molar-refractivity contribution in [2.24, 2.45) is 0 Å². The van der Waals surface area contributed by atoms with Crippen LogP contribution < -0.4 is 0 Å². The summed E-state index contributed by atoms with van der Waals surface area (Å²) in [6.07, 6.45) is 5.05. The fourth-order valence-electron chi connectivity index (χ4n) is 1.83. The molecule has 0 amide bonds. The first-order valence-electron chi connectivity index (χ1n) is 6.49. The van der Waals surface area contributed by atoms with Gasteiger partial charge in [0.25, 0.3) is 0 Å². The Balaban J connectivity index is 4.65. The van der Waals surface area contributed by atoms with Crippen molar-refractivity contribution in [3.63, 3.8) is 0 Å². The number of ether oxygens (including phenoxy) is 1. The van der Waals surface area contributed by atoms with Gasteiger partial charge in [0.2, 0.25) is 0 Å². The third-order valence-electron chi connectivity index (χ3n) is 3.14. The number of carbonyl (C=O) groups excluding carboxylic acids is 1. The molecule has 0 heterocycles. The molecule has 0 saturated heterocycles. The maximum atomic E-state index is 11.4. The van der Waals surface area contributed by atoms with E-state index in [1.165, 1.54) is 6.08 Å². The van der Waals surface area contributed by atoms with Gasteiger partial charge in [-0.1, -0.05) is 19.9 Å². The van der Waals surface area contributed by atoms with E-state index in [0.717, 1.165) is 19.4 Å². The molecule has 0 rings (SSSR count). The molecular weight excluding hydrogens is 214 g/mol. The first kappa shape index (κ1) is 16.2. The molecule has 0 aliphatic heterocycles. The van der Waals surface area contributed by atoms with E-state index in [0.29, 0.717) is 0 Å².